The number of hydrogen-bond donors (Lipinski definition) is 1. The molecule has 1 amide bonds. The molecule has 4 heteroatoms. The monoisotopic (exact) mass is 268 g/mol. The first-order chi connectivity index (χ1) is 8.94. The van der Waals surface area contributed by atoms with E-state index in [2.05, 4.69) is 26.1 Å². The highest BCUT2D eigenvalue weighted by Gasteiger charge is 2.42. The first-order valence-corrected chi connectivity index (χ1v) is 7.54. The van der Waals surface area contributed by atoms with E-state index in [-0.39, 0.29) is 23.5 Å². The number of nitrogens with zero attached hydrogens (tertiary/aromatic N) is 1. The Labute approximate surface area is 116 Å². The first-order valence-electron chi connectivity index (χ1n) is 7.54. The number of hydrogen-bond acceptors (Lipinski definition) is 3. The largest absolute Gasteiger partial charge is 0.376 e. The Kier molecular flexibility index (Phi) is 4.51. The van der Waals surface area contributed by atoms with Crippen LogP contribution in [0.3, 0.4) is 0 Å². The van der Waals surface area contributed by atoms with E-state index >= 15 is 0 Å². The quantitative estimate of drug-likeness (QED) is 0.846. The Morgan fingerprint density at radius 1 is 1.37 bits per heavy atom. The summed E-state index contributed by atoms with van der Waals surface area (Å²) in [4.78, 5) is 14.8. The van der Waals surface area contributed by atoms with Crippen molar-refractivity contribution in [1.82, 2.24) is 10.2 Å². The molecule has 0 saturated carbocycles. The van der Waals surface area contributed by atoms with Crippen molar-refractivity contribution in [1.29, 1.82) is 0 Å². The number of rotatable bonds is 3. The van der Waals surface area contributed by atoms with Crippen LogP contribution in [0.2, 0.25) is 0 Å². The van der Waals surface area contributed by atoms with Gasteiger partial charge in [0.2, 0.25) is 5.91 Å². The fourth-order valence-corrected chi connectivity index (χ4v) is 3.48. The number of ether oxygens (including phenoxy) is 1. The van der Waals surface area contributed by atoms with Crippen LogP contribution in [0.15, 0.2) is 0 Å². The third-order valence-electron chi connectivity index (χ3n) is 5.02. The molecule has 2 saturated heterocycles. The molecule has 19 heavy (non-hydrogen) atoms. The summed E-state index contributed by atoms with van der Waals surface area (Å²) in [5.41, 5.74) is -0.287. The molecule has 0 spiro atoms. The van der Waals surface area contributed by atoms with E-state index in [9.17, 15) is 4.79 Å². The van der Waals surface area contributed by atoms with Crippen molar-refractivity contribution < 1.29 is 9.53 Å². The van der Waals surface area contributed by atoms with Gasteiger partial charge in [0.1, 0.15) is 0 Å². The van der Waals surface area contributed by atoms with E-state index in [0.717, 1.165) is 32.5 Å². The molecule has 0 bridgehead atoms. The van der Waals surface area contributed by atoms with Crippen molar-refractivity contribution in [2.75, 3.05) is 26.7 Å². The van der Waals surface area contributed by atoms with Gasteiger partial charge in [-0.05, 0) is 45.2 Å². The molecule has 3 unspecified atom stereocenters. The number of amides is 1. The minimum Gasteiger partial charge on any atom is -0.376 e. The topological polar surface area (TPSA) is 41.6 Å². The maximum atomic E-state index is 12.8. The normalized spacial score (nSPS) is 32.3. The second-order valence-electron chi connectivity index (χ2n) is 6.61. The Bertz CT molecular complexity index is 324. The lowest BCUT2D eigenvalue weighted by atomic mass is 9.73. The predicted molar refractivity (Wildman–Crippen MR) is 76.0 cm³/mol. The molecule has 2 rings (SSSR count). The molecule has 3 atom stereocenters. The summed E-state index contributed by atoms with van der Waals surface area (Å²) in [6, 6.07) is 0.239. The van der Waals surface area contributed by atoms with E-state index in [1.165, 1.54) is 6.42 Å². The van der Waals surface area contributed by atoms with Crippen molar-refractivity contribution >= 4 is 5.91 Å². The molecule has 0 aromatic heterocycles. The van der Waals surface area contributed by atoms with E-state index in [1.54, 1.807) is 0 Å². The van der Waals surface area contributed by atoms with Crippen LogP contribution in [0.4, 0.5) is 0 Å². The fourth-order valence-electron chi connectivity index (χ4n) is 3.48. The van der Waals surface area contributed by atoms with E-state index < -0.39 is 0 Å². The van der Waals surface area contributed by atoms with E-state index in [0.29, 0.717) is 5.92 Å². The standard InChI is InChI=1S/C15H28N2O2/c1-11-13(7-9-19-11)17(4)14(18)15(2,3)12-6-5-8-16-10-12/h11-13,16H,5-10H2,1-4H3. The zero-order valence-electron chi connectivity index (χ0n) is 12.7. The Morgan fingerprint density at radius 3 is 2.63 bits per heavy atom. The van der Waals surface area contributed by atoms with E-state index in [4.69, 9.17) is 4.74 Å². The lowest BCUT2D eigenvalue weighted by molar-refractivity contribution is -0.145. The second-order valence-corrected chi connectivity index (χ2v) is 6.61. The molecule has 0 radical (unpaired) electrons. The van der Waals surface area contributed by atoms with Gasteiger partial charge >= 0.3 is 0 Å². The number of carbonyl (C=O) groups is 1. The summed E-state index contributed by atoms with van der Waals surface area (Å²) in [5, 5.41) is 3.42. The number of carbonyl (C=O) groups excluding carboxylic acids is 1. The molecule has 1 N–H and O–H groups in total. The highest BCUT2D eigenvalue weighted by atomic mass is 16.5. The van der Waals surface area contributed by atoms with Crippen molar-refractivity contribution in [2.45, 2.75) is 52.2 Å². The van der Waals surface area contributed by atoms with Gasteiger partial charge in [0.25, 0.3) is 0 Å². The molecule has 110 valence electrons. The summed E-state index contributed by atoms with van der Waals surface area (Å²) >= 11 is 0. The average Bonchev–Trinajstić information content (AvgIpc) is 2.84. The van der Waals surface area contributed by atoms with Crippen LogP contribution in [0, 0.1) is 11.3 Å². The smallest absolute Gasteiger partial charge is 0.228 e. The van der Waals surface area contributed by atoms with E-state index in [1.807, 2.05) is 11.9 Å². The number of nitrogens with one attached hydrogen (secondary N) is 1. The second kappa shape index (κ2) is 5.80. The highest BCUT2D eigenvalue weighted by Crippen LogP contribution is 2.35. The van der Waals surface area contributed by atoms with Gasteiger partial charge < -0.3 is 15.0 Å². The van der Waals surface area contributed by atoms with Crippen molar-refractivity contribution in [3.8, 4) is 0 Å². The lowest BCUT2D eigenvalue weighted by Gasteiger charge is -2.40. The molecule has 0 aromatic carbocycles. The van der Waals surface area contributed by atoms with Gasteiger partial charge in [-0.15, -0.1) is 0 Å². The minimum absolute atomic E-state index is 0.161. The molecule has 2 aliphatic heterocycles. The third-order valence-corrected chi connectivity index (χ3v) is 5.02. The Balaban J connectivity index is 2.04. The first kappa shape index (κ1) is 14.8. The summed E-state index contributed by atoms with van der Waals surface area (Å²) in [5.74, 6) is 0.706. The van der Waals surface area contributed by atoms with Gasteiger partial charge in [-0.3, -0.25) is 4.79 Å². The summed E-state index contributed by atoms with van der Waals surface area (Å²) in [7, 11) is 1.94. The van der Waals surface area contributed by atoms with Crippen LogP contribution >= 0.6 is 0 Å². The van der Waals surface area contributed by atoms with Crippen LogP contribution in [0.5, 0.6) is 0 Å². The highest BCUT2D eigenvalue weighted by molar-refractivity contribution is 5.82. The molecule has 0 aromatic rings. The molecular weight excluding hydrogens is 240 g/mol. The van der Waals surface area contributed by atoms with Crippen LogP contribution in [-0.4, -0.2) is 49.7 Å². The molecule has 2 fully saturated rings. The van der Waals surface area contributed by atoms with Crippen molar-refractivity contribution in [3.63, 3.8) is 0 Å². The third kappa shape index (κ3) is 2.95. The molecule has 2 aliphatic rings. The predicted octanol–water partition coefficient (Wildman–Crippen LogP) is 1.65. The van der Waals surface area contributed by atoms with Gasteiger partial charge in [0, 0.05) is 19.1 Å². The zero-order chi connectivity index (χ0) is 14.0. The van der Waals surface area contributed by atoms with Crippen molar-refractivity contribution in [2.24, 2.45) is 11.3 Å². The van der Waals surface area contributed by atoms with Gasteiger partial charge in [-0.25, -0.2) is 0 Å². The van der Waals surface area contributed by atoms with Crippen LogP contribution in [0.25, 0.3) is 0 Å². The average molecular weight is 268 g/mol. The molecule has 4 nitrogen and oxygen atoms in total. The van der Waals surface area contributed by atoms with Crippen LogP contribution in [0.1, 0.15) is 40.0 Å². The number of likely N-dealkylation sites (N-methyl/N-ethyl adjacent to an activating group) is 1. The Hall–Kier alpha value is -0.610. The van der Waals surface area contributed by atoms with Gasteiger partial charge in [0.15, 0.2) is 0 Å². The summed E-state index contributed by atoms with van der Waals surface area (Å²) in [6.07, 6.45) is 3.45. The molecular formula is C15H28N2O2. The summed E-state index contributed by atoms with van der Waals surface area (Å²) < 4.78 is 5.59. The molecule has 2 heterocycles. The number of piperidine rings is 1. The maximum Gasteiger partial charge on any atom is 0.228 e. The summed E-state index contributed by atoms with van der Waals surface area (Å²) in [6.45, 7) is 9.09. The van der Waals surface area contributed by atoms with Gasteiger partial charge in [-0.1, -0.05) is 13.8 Å². The van der Waals surface area contributed by atoms with Crippen LogP contribution in [-0.2, 0) is 9.53 Å². The van der Waals surface area contributed by atoms with Gasteiger partial charge in [0.05, 0.1) is 12.1 Å². The zero-order valence-corrected chi connectivity index (χ0v) is 12.7. The molecule has 0 aliphatic carbocycles. The minimum atomic E-state index is -0.287. The van der Waals surface area contributed by atoms with Gasteiger partial charge in [-0.2, -0.15) is 0 Å². The van der Waals surface area contributed by atoms with Crippen LogP contribution < -0.4 is 5.32 Å². The fraction of sp³-hybridized carbons (Fsp3) is 0.933. The maximum absolute atomic E-state index is 12.8. The van der Waals surface area contributed by atoms with Crippen molar-refractivity contribution in [3.05, 3.63) is 0 Å². The lowest BCUT2D eigenvalue weighted by Crippen LogP contribution is -2.51. The SMILES string of the molecule is CC1OCCC1N(C)C(=O)C(C)(C)C1CCCNC1. The Morgan fingerprint density at radius 2 is 2.11 bits per heavy atom.